The lowest BCUT2D eigenvalue weighted by atomic mass is 10.2. The van der Waals surface area contributed by atoms with Gasteiger partial charge in [0, 0.05) is 18.1 Å². The third kappa shape index (κ3) is 2.93. The number of nitrogens with two attached hydrogens (primary N) is 1. The molecule has 0 aromatic carbocycles. The van der Waals surface area contributed by atoms with Crippen molar-refractivity contribution in [1.29, 1.82) is 0 Å². The molecule has 2 rings (SSSR count). The molecule has 0 aliphatic heterocycles. The summed E-state index contributed by atoms with van der Waals surface area (Å²) in [5.41, 5.74) is 5.72. The number of nitrogens with zero attached hydrogens (tertiary/aromatic N) is 3. The van der Waals surface area contributed by atoms with Gasteiger partial charge in [0.05, 0.1) is 12.7 Å². The molecule has 0 spiro atoms. The van der Waals surface area contributed by atoms with Crippen LogP contribution in [0.5, 0.6) is 0 Å². The Morgan fingerprint density at radius 2 is 2.24 bits per heavy atom. The van der Waals surface area contributed by atoms with Gasteiger partial charge in [0.25, 0.3) is 0 Å². The fourth-order valence-corrected chi connectivity index (χ4v) is 1.35. The van der Waals surface area contributed by atoms with Gasteiger partial charge in [0.15, 0.2) is 5.76 Å². The van der Waals surface area contributed by atoms with Crippen LogP contribution in [0.1, 0.15) is 31.4 Å². The van der Waals surface area contributed by atoms with E-state index >= 15 is 0 Å². The number of anilines is 2. The number of aromatic nitrogens is 3. The van der Waals surface area contributed by atoms with E-state index in [2.05, 4.69) is 20.4 Å². The molecule has 0 radical (unpaired) electrons. The second-order valence-corrected chi connectivity index (χ2v) is 4.02. The van der Waals surface area contributed by atoms with Gasteiger partial charge in [-0.3, -0.25) is 0 Å². The standard InChI is InChI=1S/C11H15N5O/c1-7(2)11-15-9(12)5-10(16-11)13-6-8-3-4-14-17-8/h3-5,7H,6H2,1-2H3,(H3,12,13,15,16). The van der Waals surface area contributed by atoms with Crippen molar-refractivity contribution in [3.05, 3.63) is 29.9 Å². The summed E-state index contributed by atoms with van der Waals surface area (Å²) < 4.78 is 4.98. The SMILES string of the molecule is CC(C)c1nc(N)cc(NCc2ccno2)n1. The Labute approximate surface area is 99.2 Å². The Kier molecular flexibility index (Phi) is 3.22. The molecule has 0 saturated carbocycles. The van der Waals surface area contributed by atoms with E-state index in [1.54, 1.807) is 18.3 Å². The van der Waals surface area contributed by atoms with Crippen LogP contribution in [0.3, 0.4) is 0 Å². The minimum atomic E-state index is 0.240. The number of hydrogen-bond donors (Lipinski definition) is 2. The van der Waals surface area contributed by atoms with Crippen LogP contribution in [-0.2, 0) is 6.54 Å². The van der Waals surface area contributed by atoms with Crippen molar-refractivity contribution in [1.82, 2.24) is 15.1 Å². The van der Waals surface area contributed by atoms with Crippen molar-refractivity contribution in [3.8, 4) is 0 Å². The summed E-state index contributed by atoms with van der Waals surface area (Å²) in [4.78, 5) is 8.54. The van der Waals surface area contributed by atoms with Crippen molar-refractivity contribution < 1.29 is 4.52 Å². The zero-order valence-electron chi connectivity index (χ0n) is 9.84. The summed E-state index contributed by atoms with van der Waals surface area (Å²) in [5, 5.41) is 6.74. The van der Waals surface area contributed by atoms with Crippen molar-refractivity contribution in [2.45, 2.75) is 26.3 Å². The summed E-state index contributed by atoms with van der Waals surface area (Å²) in [6, 6.07) is 3.49. The first-order valence-electron chi connectivity index (χ1n) is 5.43. The molecule has 0 amide bonds. The average molecular weight is 233 g/mol. The van der Waals surface area contributed by atoms with Gasteiger partial charge in [0.1, 0.15) is 17.5 Å². The normalized spacial score (nSPS) is 10.8. The first kappa shape index (κ1) is 11.4. The highest BCUT2D eigenvalue weighted by Crippen LogP contribution is 2.15. The second-order valence-electron chi connectivity index (χ2n) is 4.02. The van der Waals surface area contributed by atoms with E-state index in [4.69, 9.17) is 10.3 Å². The van der Waals surface area contributed by atoms with Crippen molar-refractivity contribution in [2.75, 3.05) is 11.1 Å². The van der Waals surface area contributed by atoms with Gasteiger partial charge in [0.2, 0.25) is 0 Å². The number of nitrogen functional groups attached to an aromatic ring is 1. The molecule has 0 unspecified atom stereocenters. The Morgan fingerprint density at radius 3 is 2.88 bits per heavy atom. The Morgan fingerprint density at radius 1 is 1.41 bits per heavy atom. The summed E-state index contributed by atoms with van der Waals surface area (Å²) in [6.07, 6.45) is 1.60. The van der Waals surface area contributed by atoms with Crippen molar-refractivity contribution in [3.63, 3.8) is 0 Å². The molecule has 2 heterocycles. The quantitative estimate of drug-likeness (QED) is 0.836. The maximum absolute atomic E-state index is 5.72. The van der Waals surface area contributed by atoms with Gasteiger partial charge in [-0.15, -0.1) is 0 Å². The topological polar surface area (TPSA) is 89.9 Å². The highest BCUT2D eigenvalue weighted by Gasteiger charge is 2.06. The van der Waals surface area contributed by atoms with E-state index in [0.717, 1.165) is 11.6 Å². The summed E-state index contributed by atoms with van der Waals surface area (Å²) in [5.74, 6) is 2.86. The molecule has 17 heavy (non-hydrogen) atoms. The van der Waals surface area contributed by atoms with Gasteiger partial charge in [-0.25, -0.2) is 9.97 Å². The molecular formula is C11H15N5O. The van der Waals surface area contributed by atoms with Crippen LogP contribution in [0.4, 0.5) is 11.6 Å². The van der Waals surface area contributed by atoms with Gasteiger partial charge in [-0.05, 0) is 0 Å². The minimum absolute atomic E-state index is 0.240. The van der Waals surface area contributed by atoms with Crippen LogP contribution in [0.2, 0.25) is 0 Å². The smallest absolute Gasteiger partial charge is 0.155 e. The lowest BCUT2D eigenvalue weighted by molar-refractivity contribution is 0.388. The fraction of sp³-hybridized carbons (Fsp3) is 0.364. The molecule has 2 aromatic rings. The van der Waals surface area contributed by atoms with Gasteiger partial charge < -0.3 is 15.6 Å². The van der Waals surface area contributed by atoms with Crippen LogP contribution in [0, 0.1) is 0 Å². The van der Waals surface area contributed by atoms with Gasteiger partial charge >= 0.3 is 0 Å². The van der Waals surface area contributed by atoms with Gasteiger partial charge in [-0.2, -0.15) is 0 Å². The van der Waals surface area contributed by atoms with Crippen molar-refractivity contribution in [2.24, 2.45) is 0 Å². The summed E-state index contributed by atoms with van der Waals surface area (Å²) in [7, 11) is 0. The minimum Gasteiger partial charge on any atom is -0.384 e. The second kappa shape index (κ2) is 4.82. The highest BCUT2D eigenvalue weighted by molar-refractivity contribution is 5.45. The van der Waals surface area contributed by atoms with Crippen LogP contribution in [-0.4, -0.2) is 15.1 Å². The number of nitrogens with one attached hydrogen (secondary N) is 1. The molecule has 0 saturated heterocycles. The average Bonchev–Trinajstić information content (AvgIpc) is 2.78. The monoisotopic (exact) mass is 233 g/mol. The van der Waals surface area contributed by atoms with E-state index in [1.165, 1.54) is 0 Å². The van der Waals surface area contributed by atoms with E-state index in [1.807, 2.05) is 13.8 Å². The maximum atomic E-state index is 5.72. The predicted octanol–water partition coefficient (Wildman–Crippen LogP) is 1.78. The lowest BCUT2D eigenvalue weighted by Crippen LogP contribution is -2.07. The van der Waals surface area contributed by atoms with E-state index in [-0.39, 0.29) is 5.92 Å². The Hall–Kier alpha value is -2.11. The first-order chi connectivity index (χ1) is 8.15. The van der Waals surface area contributed by atoms with Gasteiger partial charge in [-0.1, -0.05) is 19.0 Å². The molecule has 0 atom stereocenters. The van der Waals surface area contributed by atoms with E-state index < -0.39 is 0 Å². The molecular weight excluding hydrogens is 218 g/mol. The molecule has 6 heteroatoms. The molecule has 0 fully saturated rings. The highest BCUT2D eigenvalue weighted by atomic mass is 16.5. The molecule has 0 aliphatic rings. The van der Waals surface area contributed by atoms with E-state index in [0.29, 0.717) is 18.2 Å². The molecule has 0 bridgehead atoms. The van der Waals surface area contributed by atoms with Crippen LogP contribution < -0.4 is 11.1 Å². The van der Waals surface area contributed by atoms with Crippen LogP contribution in [0.15, 0.2) is 22.9 Å². The first-order valence-corrected chi connectivity index (χ1v) is 5.43. The molecule has 0 aliphatic carbocycles. The molecule has 3 N–H and O–H groups in total. The predicted molar refractivity (Wildman–Crippen MR) is 64.4 cm³/mol. The largest absolute Gasteiger partial charge is 0.384 e. The Balaban J connectivity index is 2.10. The zero-order chi connectivity index (χ0) is 12.3. The third-order valence-electron chi connectivity index (χ3n) is 2.21. The third-order valence-corrected chi connectivity index (χ3v) is 2.21. The summed E-state index contributed by atoms with van der Waals surface area (Å²) >= 11 is 0. The van der Waals surface area contributed by atoms with Crippen LogP contribution >= 0.6 is 0 Å². The zero-order valence-corrected chi connectivity index (χ0v) is 9.84. The Bertz CT molecular complexity index is 481. The maximum Gasteiger partial charge on any atom is 0.155 e. The number of hydrogen-bond acceptors (Lipinski definition) is 6. The number of rotatable bonds is 4. The molecule has 2 aromatic heterocycles. The fourth-order valence-electron chi connectivity index (χ4n) is 1.35. The molecule has 90 valence electrons. The van der Waals surface area contributed by atoms with Crippen LogP contribution in [0.25, 0.3) is 0 Å². The summed E-state index contributed by atoms with van der Waals surface area (Å²) in [6.45, 7) is 4.57. The van der Waals surface area contributed by atoms with Crippen molar-refractivity contribution >= 4 is 11.6 Å². The van der Waals surface area contributed by atoms with E-state index in [9.17, 15) is 0 Å². The molecule has 6 nitrogen and oxygen atoms in total. The lowest BCUT2D eigenvalue weighted by Gasteiger charge is -2.08.